The van der Waals surface area contributed by atoms with E-state index in [9.17, 15) is 4.79 Å². The third-order valence-corrected chi connectivity index (χ3v) is 2.22. The Morgan fingerprint density at radius 2 is 2.31 bits per heavy atom. The normalized spacial score (nSPS) is 16.9. The van der Waals surface area contributed by atoms with Gasteiger partial charge in [0.15, 0.2) is 0 Å². The first-order valence-corrected chi connectivity index (χ1v) is 5.04. The summed E-state index contributed by atoms with van der Waals surface area (Å²) < 4.78 is 0. The molecule has 0 atom stereocenters. The molecule has 3 nitrogen and oxygen atoms in total. The molecular weight excluding hydrogens is 188 g/mol. The summed E-state index contributed by atoms with van der Waals surface area (Å²) in [6.45, 7) is 2.54. The molecule has 2 amide bonds. The standard InChI is InChI=1S/C9H15ClN2O/c1-7(8-2-3-8)6-12-9(13)11-5-4-10/h6,8H,2-5H2,1H3,(H2,11,12,13)/b7-6+. The summed E-state index contributed by atoms with van der Waals surface area (Å²) in [4.78, 5) is 11.0. The number of halogens is 1. The van der Waals surface area contributed by atoms with Crippen LogP contribution < -0.4 is 10.6 Å². The van der Waals surface area contributed by atoms with Crippen molar-refractivity contribution in [3.8, 4) is 0 Å². The second-order valence-corrected chi connectivity index (χ2v) is 3.63. The number of nitrogens with one attached hydrogen (secondary N) is 2. The molecule has 0 saturated heterocycles. The summed E-state index contributed by atoms with van der Waals surface area (Å²) in [7, 11) is 0. The van der Waals surface area contributed by atoms with E-state index in [0.29, 0.717) is 18.3 Å². The minimum absolute atomic E-state index is 0.180. The highest BCUT2D eigenvalue weighted by Gasteiger charge is 2.22. The third kappa shape index (κ3) is 4.18. The highest BCUT2D eigenvalue weighted by molar-refractivity contribution is 6.18. The Labute approximate surface area is 83.5 Å². The van der Waals surface area contributed by atoms with Gasteiger partial charge < -0.3 is 10.6 Å². The molecule has 1 aliphatic rings. The van der Waals surface area contributed by atoms with E-state index in [-0.39, 0.29) is 6.03 Å². The van der Waals surface area contributed by atoms with E-state index in [1.165, 1.54) is 18.4 Å². The van der Waals surface area contributed by atoms with Gasteiger partial charge in [0, 0.05) is 18.6 Å². The third-order valence-electron chi connectivity index (χ3n) is 2.03. The molecule has 0 radical (unpaired) electrons. The van der Waals surface area contributed by atoms with Crippen LogP contribution in [0.4, 0.5) is 4.79 Å². The maximum atomic E-state index is 11.0. The van der Waals surface area contributed by atoms with Crippen LogP contribution in [0.2, 0.25) is 0 Å². The molecule has 0 heterocycles. The number of amides is 2. The lowest BCUT2D eigenvalue weighted by atomic mass is 10.2. The number of hydrogen-bond acceptors (Lipinski definition) is 1. The van der Waals surface area contributed by atoms with Crippen molar-refractivity contribution < 1.29 is 4.79 Å². The van der Waals surface area contributed by atoms with Gasteiger partial charge in [-0.05, 0) is 25.7 Å². The lowest BCUT2D eigenvalue weighted by Gasteiger charge is -2.02. The van der Waals surface area contributed by atoms with Gasteiger partial charge >= 0.3 is 6.03 Å². The van der Waals surface area contributed by atoms with Crippen molar-refractivity contribution in [3.05, 3.63) is 11.8 Å². The molecular formula is C9H15ClN2O. The van der Waals surface area contributed by atoms with E-state index >= 15 is 0 Å². The SMILES string of the molecule is C/C(=C\NC(=O)NCCCl)C1CC1. The van der Waals surface area contributed by atoms with Crippen LogP contribution in [0.15, 0.2) is 11.8 Å². The van der Waals surface area contributed by atoms with E-state index < -0.39 is 0 Å². The second-order valence-electron chi connectivity index (χ2n) is 3.25. The van der Waals surface area contributed by atoms with E-state index in [2.05, 4.69) is 10.6 Å². The van der Waals surface area contributed by atoms with Gasteiger partial charge in [0.1, 0.15) is 0 Å². The smallest absolute Gasteiger partial charge is 0.318 e. The Balaban J connectivity index is 2.16. The average Bonchev–Trinajstić information content (AvgIpc) is 2.93. The first-order chi connectivity index (χ1) is 6.24. The van der Waals surface area contributed by atoms with E-state index in [0.717, 1.165) is 0 Å². The van der Waals surface area contributed by atoms with Gasteiger partial charge in [-0.25, -0.2) is 4.79 Å². The van der Waals surface area contributed by atoms with Gasteiger partial charge in [0.05, 0.1) is 0 Å². The van der Waals surface area contributed by atoms with E-state index in [4.69, 9.17) is 11.6 Å². The summed E-state index contributed by atoms with van der Waals surface area (Å²) in [6.07, 6.45) is 4.29. The van der Waals surface area contributed by atoms with E-state index in [1.54, 1.807) is 6.20 Å². The van der Waals surface area contributed by atoms with Crippen LogP contribution in [-0.2, 0) is 0 Å². The van der Waals surface area contributed by atoms with Crippen molar-refractivity contribution in [3.63, 3.8) is 0 Å². The molecule has 0 aliphatic heterocycles. The number of carbonyl (C=O) groups excluding carboxylic acids is 1. The van der Waals surface area contributed by atoms with Gasteiger partial charge in [-0.1, -0.05) is 5.57 Å². The molecule has 0 aromatic heterocycles. The van der Waals surface area contributed by atoms with Gasteiger partial charge in [0.2, 0.25) is 0 Å². The van der Waals surface area contributed by atoms with Gasteiger partial charge in [-0.15, -0.1) is 11.6 Å². The Bertz CT molecular complexity index is 212. The molecule has 1 rings (SSSR count). The molecule has 1 aliphatic carbocycles. The molecule has 0 unspecified atom stereocenters. The molecule has 74 valence electrons. The Morgan fingerprint density at radius 1 is 1.62 bits per heavy atom. The number of rotatable bonds is 4. The molecule has 1 saturated carbocycles. The fourth-order valence-corrected chi connectivity index (χ4v) is 1.14. The fourth-order valence-electron chi connectivity index (χ4n) is 1.05. The summed E-state index contributed by atoms with van der Waals surface area (Å²) in [5, 5.41) is 5.29. The molecule has 4 heteroatoms. The van der Waals surface area contributed by atoms with Crippen molar-refractivity contribution in [2.24, 2.45) is 5.92 Å². The summed E-state index contributed by atoms with van der Waals surface area (Å²) >= 11 is 5.41. The predicted octanol–water partition coefficient (Wildman–Crippen LogP) is 1.84. The number of allylic oxidation sites excluding steroid dienone is 1. The lowest BCUT2D eigenvalue weighted by Crippen LogP contribution is -2.33. The van der Waals surface area contributed by atoms with E-state index in [1.807, 2.05) is 6.92 Å². The second kappa shape index (κ2) is 5.12. The highest BCUT2D eigenvalue weighted by Crippen LogP contribution is 2.35. The minimum Gasteiger partial charge on any atom is -0.337 e. The van der Waals surface area contributed by atoms with Crippen molar-refractivity contribution in [1.29, 1.82) is 0 Å². The van der Waals surface area contributed by atoms with Crippen LogP contribution in [0, 0.1) is 5.92 Å². The largest absolute Gasteiger partial charge is 0.337 e. The number of urea groups is 1. The van der Waals surface area contributed by atoms with Crippen molar-refractivity contribution in [2.75, 3.05) is 12.4 Å². The Kier molecular flexibility index (Phi) is 4.09. The average molecular weight is 203 g/mol. The minimum atomic E-state index is -0.180. The zero-order valence-electron chi connectivity index (χ0n) is 7.77. The van der Waals surface area contributed by atoms with Crippen molar-refractivity contribution in [2.45, 2.75) is 19.8 Å². The lowest BCUT2D eigenvalue weighted by molar-refractivity contribution is 0.244. The zero-order valence-corrected chi connectivity index (χ0v) is 8.53. The topological polar surface area (TPSA) is 41.1 Å². The van der Waals surface area contributed by atoms with Crippen LogP contribution in [-0.4, -0.2) is 18.5 Å². The van der Waals surface area contributed by atoms with Crippen LogP contribution in [0.3, 0.4) is 0 Å². The molecule has 0 spiro atoms. The zero-order chi connectivity index (χ0) is 9.68. The first kappa shape index (κ1) is 10.4. The van der Waals surface area contributed by atoms with Crippen LogP contribution in [0.25, 0.3) is 0 Å². The van der Waals surface area contributed by atoms with Gasteiger partial charge in [0.25, 0.3) is 0 Å². The van der Waals surface area contributed by atoms with Crippen molar-refractivity contribution >= 4 is 17.6 Å². The molecule has 0 bridgehead atoms. The molecule has 1 fully saturated rings. The molecule has 0 aromatic carbocycles. The molecule has 0 aromatic rings. The quantitative estimate of drug-likeness (QED) is 0.672. The number of carbonyl (C=O) groups is 1. The number of alkyl halides is 1. The molecule has 2 N–H and O–H groups in total. The molecule has 13 heavy (non-hydrogen) atoms. The predicted molar refractivity (Wildman–Crippen MR) is 53.7 cm³/mol. The summed E-state index contributed by atoms with van der Waals surface area (Å²) in [5.74, 6) is 1.15. The summed E-state index contributed by atoms with van der Waals surface area (Å²) in [6, 6.07) is -0.180. The van der Waals surface area contributed by atoms with Gasteiger partial charge in [-0.2, -0.15) is 0 Å². The highest BCUT2D eigenvalue weighted by atomic mass is 35.5. The van der Waals surface area contributed by atoms with Crippen molar-refractivity contribution in [1.82, 2.24) is 10.6 Å². The van der Waals surface area contributed by atoms with Crippen LogP contribution >= 0.6 is 11.6 Å². The Hall–Kier alpha value is -0.700. The summed E-state index contributed by atoms with van der Waals surface area (Å²) in [5.41, 5.74) is 1.25. The maximum absolute atomic E-state index is 11.0. The van der Waals surface area contributed by atoms with Crippen LogP contribution in [0.1, 0.15) is 19.8 Å². The monoisotopic (exact) mass is 202 g/mol. The Morgan fingerprint density at radius 3 is 2.85 bits per heavy atom. The van der Waals surface area contributed by atoms with Crippen LogP contribution in [0.5, 0.6) is 0 Å². The fraction of sp³-hybridized carbons (Fsp3) is 0.667. The van der Waals surface area contributed by atoms with Gasteiger partial charge in [-0.3, -0.25) is 0 Å². The number of hydrogen-bond donors (Lipinski definition) is 2. The first-order valence-electron chi connectivity index (χ1n) is 4.51. The maximum Gasteiger partial charge on any atom is 0.318 e.